The van der Waals surface area contributed by atoms with Gasteiger partial charge in [0.05, 0.1) is 0 Å². The number of aromatic nitrogens is 2. The normalized spacial score (nSPS) is 8.29. The Kier molecular flexibility index (Phi) is 9.06. The summed E-state index contributed by atoms with van der Waals surface area (Å²) in [5, 5.41) is 0. The minimum Gasteiger partial charge on any atom is -0.244 e. The number of nitrogens with zero attached hydrogens (tertiary/aromatic N) is 2. The molecule has 2 rings (SSSR count). The quantitative estimate of drug-likeness (QED) is 0.771. The second-order valence-electron chi connectivity index (χ2n) is 2.99. The molecule has 1 aromatic carbocycles. The Labute approximate surface area is 110 Å². The van der Waals surface area contributed by atoms with E-state index < -0.39 is 0 Å². The average molecular weight is 248 g/mol. The van der Waals surface area contributed by atoms with Gasteiger partial charge in [0, 0.05) is 18.0 Å². The van der Waals surface area contributed by atoms with Crippen molar-refractivity contribution in [3.8, 4) is 11.1 Å². The topological polar surface area (TPSA) is 25.8 Å². The molecule has 0 radical (unpaired) electrons. The van der Waals surface area contributed by atoms with Crippen LogP contribution in [0.1, 0.15) is 19.4 Å². The zero-order valence-corrected chi connectivity index (χ0v) is 11.8. The minimum absolute atomic E-state index is 1.06. The van der Waals surface area contributed by atoms with Crippen molar-refractivity contribution in [1.82, 2.24) is 9.97 Å². The first-order chi connectivity index (χ1) is 8.36. The smallest absolute Gasteiger partial charge is 0.115 e. The molecule has 1 heterocycles. The van der Waals surface area contributed by atoms with Crippen molar-refractivity contribution in [3.63, 3.8) is 0 Å². The van der Waals surface area contributed by atoms with Crippen molar-refractivity contribution in [1.29, 1.82) is 0 Å². The van der Waals surface area contributed by atoms with Crippen LogP contribution in [0.3, 0.4) is 0 Å². The highest BCUT2D eigenvalue weighted by Gasteiger charge is 1.95. The van der Waals surface area contributed by atoms with Crippen LogP contribution in [0.5, 0.6) is 0 Å². The number of benzene rings is 1. The summed E-state index contributed by atoms with van der Waals surface area (Å²) in [6, 6.07) is 8.33. The highest BCUT2D eigenvalue weighted by atomic mass is 32.1. The van der Waals surface area contributed by atoms with Crippen LogP contribution in [0, 0.1) is 6.92 Å². The van der Waals surface area contributed by atoms with Gasteiger partial charge in [0.2, 0.25) is 0 Å². The Morgan fingerprint density at radius 2 is 1.29 bits per heavy atom. The van der Waals surface area contributed by atoms with Gasteiger partial charge in [-0.2, -0.15) is 12.6 Å². The van der Waals surface area contributed by atoms with Gasteiger partial charge in [-0.15, -0.1) is 0 Å². The standard InChI is InChI=1S/C11H10N2.C2H6.CH4S/c1-9-2-4-10(5-3-9)11-6-12-8-13-7-11;2*1-2/h2-8H,1H3;1-2H3;2H,1H3. The fourth-order valence-electron chi connectivity index (χ4n) is 1.19. The number of hydrogen-bond donors (Lipinski definition) is 1. The number of thiol groups is 1. The van der Waals surface area contributed by atoms with E-state index in [0.717, 1.165) is 11.1 Å². The first-order valence-electron chi connectivity index (χ1n) is 5.63. The molecule has 0 aliphatic heterocycles. The van der Waals surface area contributed by atoms with Crippen molar-refractivity contribution < 1.29 is 0 Å². The average Bonchev–Trinajstić information content (AvgIpc) is 2.45. The van der Waals surface area contributed by atoms with Crippen LogP contribution in [0.2, 0.25) is 0 Å². The molecule has 0 spiro atoms. The molecule has 0 bridgehead atoms. The summed E-state index contributed by atoms with van der Waals surface area (Å²) in [6.07, 6.45) is 6.87. The summed E-state index contributed by atoms with van der Waals surface area (Å²) < 4.78 is 0. The molecule has 2 nitrogen and oxygen atoms in total. The van der Waals surface area contributed by atoms with Crippen molar-refractivity contribution in [2.45, 2.75) is 20.8 Å². The van der Waals surface area contributed by atoms with Crippen LogP contribution in [-0.4, -0.2) is 16.2 Å². The third-order valence-corrected chi connectivity index (χ3v) is 1.95. The molecular weight excluding hydrogens is 228 g/mol. The zero-order valence-electron chi connectivity index (χ0n) is 10.9. The van der Waals surface area contributed by atoms with Gasteiger partial charge in [-0.3, -0.25) is 0 Å². The van der Waals surface area contributed by atoms with Gasteiger partial charge in [0.25, 0.3) is 0 Å². The molecule has 0 unspecified atom stereocenters. The van der Waals surface area contributed by atoms with E-state index >= 15 is 0 Å². The van der Waals surface area contributed by atoms with Crippen LogP contribution in [0.15, 0.2) is 43.0 Å². The number of hydrogen-bond acceptors (Lipinski definition) is 3. The lowest BCUT2D eigenvalue weighted by Gasteiger charge is -1.99. The van der Waals surface area contributed by atoms with Crippen LogP contribution < -0.4 is 0 Å². The molecule has 1 aromatic heterocycles. The summed E-state index contributed by atoms with van der Waals surface area (Å²) in [6.45, 7) is 6.07. The van der Waals surface area contributed by atoms with E-state index in [1.165, 1.54) is 11.9 Å². The molecular formula is C14H20N2S. The van der Waals surface area contributed by atoms with Gasteiger partial charge in [0.1, 0.15) is 6.33 Å². The highest BCUT2D eigenvalue weighted by Crippen LogP contribution is 2.16. The third kappa shape index (κ3) is 5.50. The van der Waals surface area contributed by atoms with Crippen LogP contribution in [-0.2, 0) is 0 Å². The summed E-state index contributed by atoms with van der Waals surface area (Å²) in [7, 11) is 0. The van der Waals surface area contributed by atoms with Gasteiger partial charge >= 0.3 is 0 Å². The fourth-order valence-corrected chi connectivity index (χ4v) is 1.19. The van der Waals surface area contributed by atoms with Gasteiger partial charge in [-0.05, 0) is 18.7 Å². The SMILES string of the molecule is CC.CS.Cc1ccc(-c2cncnc2)cc1. The fraction of sp³-hybridized carbons (Fsp3) is 0.286. The summed E-state index contributed by atoms with van der Waals surface area (Å²) in [4.78, 5) is 7.94. The number of aryl methyl sites for hydroxylation is 1. The lowest BCUT2D eigenvalue weighted by molar-refractivity contribution is 1.17. The van der Waals surface area contributed by atoms with E-state index in [2.05, 4.69) is 53.8 Å². The van der Waals surface area contributed by atoms with Crippen molar-refractivity contribution >= 4 is 12.6 Å². The first-order valence-corrected chi connectivity index (χ1v) is 6.52. The highest BCUT2D eigenvalue weighted by molar-refractivity contribution is 7.79. The molecule has 0 amide bonds. The molecule has 0 aliphatic rings. The molecule has 0 N–H and O–H groups in total. The van der Waals surface area contributed by atoms with E-state index in [-0.39, 0.29) is 0 Å². The van der Waals surface area contributed by atoms with Crippen molar-refractivity contribution in [3.05, 3.63) is 48.5 Å². The van der Waals surface area contributed by atoms with Crippen LogP contribution in [0.4, 0.5) is 0 Å². The maximum Gasteiger partial charge on any atom is 0.115 e. The molecule has 17 heavy (non-hydrogen) atoms. The second kappa shape index (κ2) is 9.85. The molecule has 0 atom stereocenters. The van der Waals surface area contributed by atoms with Crippen LogP contribution >= 0.6 is 12.6 Å². The molecule has 0 fully saturated rings. The van der Waals surface area contributed by atoms with Crippen molar-refractivity contribution in [2.24, 2.45) is 0 Å². The Balaban J connectivity index is 0.000000581. The predicted molar refractivity (Wildman–Crippen MR) is 78.5 cm³/mol. The van der Waals surface area contributed by atoms with E-state index in [9.17, 15) is 0 Å². The Morgan fingerprint density at radius 1 is 0.824 bits per heavy atom. The van der Waals surface area contributed by atoms with E-state index in [4.69, 9.17) is 0 Å². The van der Waals surface area contributed by atoms with E-state index in [1.54, 1.807) is 6.26 Å². The maximum absolute atomic E-state index is 3.97. The lowest BCUT2D eigenvalue weighted by Crippen LogP contribution is -1.81. The van der Waals surface area contributed by atoms with Gasteiger partial charge in [0.15, 0.2) is 0 Å². The Morgan fingerprint density at radius 3 is 1.76 bits per heavy atom. The van der Waals surface area contributed by atoms with Crippen molar-refractivity contribution in [2.75, 3.05) is 6.26 Å². The Hall–Kier alpha value is -1.35. The summed E-state index contributed by atoms with van der Waals surface area (Å²) in [5.41, 5.74) is 3.48. The molecule has 2 aromatic rings. The van der Waals surface area contributed by atoms with Gasteiger partial charge in [-0.25, -0.2) is 9.97 Å². The molecule has 0 aliphatic carbocycles. The summed E-state index contributed by atoms with van der Waals surface area (Å²) >= 11 is 3.53. The minimum atomic E-state index is 1.06. The maximum atomic E-state index is 3.97. The molecule has 0 saturated heterocycles. The van der Waals surface area contributed by atoms with Crippen LogP contribution in [0.25, 0.3) is 11.1 Å². The van der Waals surface area contributed by atoms with E-state index in [0.29, 0.717) is 0 Å². The first kappa shape index (κ1) is 15.7. The Bertz CT molecular complexity index is 385. The lowest BCUT2D eigenvalue weighted by atomic mass is 10.1. The largest absolute Gasteiger partial charge is 0.244 e. The summed E-state index contributed by atoms with van der Waals surface area (Å²) in [5.74, 6) is 0. The monoisotopic (exact) mass is 248 g/mol. The molecule has 0 saturated carbocycles. The second-order valence-corrected chi connectivity index (χ2v) is 2.99. The molecule has 3 heteroatoms. The third-order valence-electron chi connectivity index (χ3n) is 1.95. The zero-order chi connectivity index (χ0) is 13.1. The van der Waals surface area contributed by atoms with Gasteiger partial charge in [-0.1, -0.05) is 43.7 Å². The molecule has 92 valence electrons. The van der Waals surface area contributed by atoms with E-state index in [1.807, 2.05) is 26.2 Å². The predicted octanol–water partition coefficient (Wildman–Crippen LogP) is 4.02. The van der Waals surface area contributed by atoms with Gasteiger partial charge < -0.3 is 0 Å². The number of rotatable bonds is 1.